The summed E-state index contributed by atoms with van der Waals surface area (Å²) in [6.45, 7) is 4.64. The Bertz CT molecular complexity index is 1020. The van der Waals surface area contributed by atoms with Gasteiger partial charge in [-0.1, -0.05) is 18.2 Å². The van der Waals surface area contributed by atoms with E-state index in [1.54, 1.807) is 0 Å². The van der Waals surface area contributed by atoms with Crippen molar-refractivity contribution in [1.29, 1.82) is 0 Å². The first-order valence-corrected chi connectivity index (χ1v) is 8.26. The largest absolute Gasteiger partial charge is 0.383 e. The molecule has 4 rings (SSSR count). The zero-order valence-electron chi connectivity index (χ0n) is 14.1. The van der Waals surface area contributed by atoms with Crippen LogP contribution >= 0.6 is 12.2 Å². The van der Waals surface area contributed by atoms with E-state index in [0.717, 1.165) is 22.2 Å². The maximum atomic E-state index is 5.76. The van der Waals surface area contributed by atoms with Crippen LogP contribution in [0, 0.1) is 18.6 Å². The van der Waals surface area contributed by atoms with Gasteiger partial charge >= 0.3 is 0 Å². The van der Waals surface area contributed by atoms with Gasteiger partial charge in [-0.3, -0.25) is 0 Å². The smallest absolute Gasteiger partial charge is 0.199 e. The quantitative estimate of drug-likeness (QED) is 0.465. The molecule has 0 amide bonds. The third-order valence-corrected chi connectivity index (χ3v) is 4.16. The first-order valence-electron chi connectivity index (χ1n) is 7.85. The van der Waals surface area contributed by atoms with Crippen molar-refractivity contribution in [2.75, 3.05) is 17.7 Å². The van der Waals surface area contributed by atoms with Crippen molar-refractivity contribution in [1.82, 2.24) is 9.97 Å². The van der Waals surface area contributed by atoms with Crippen LogP contribution in [0.1, 0.15) is 16.7 Å². The number of aromatic amines is 1. The normalized spacial score (nSPS) is 12.5. The molecule has 128 valence electrons. The van der Waals surface area contributed by atoms with Crippen LogP contribution in [0.4, 0.5) is 11.5 Å². The minimum atomic E-state index is 0.426. The van der Waals surface area contributed by atoms with Crippen LogP contribution in [0.5, 0.6) is 0 Å². The zero-order chi connectivity index (χ0) is 18.0. The molecule has 6 nitrogen and oxygen atoms in total. The van der Waals surface area contributed by atoms with Crippen LogP contribution in [-0.2, 0) is 0 Å². The van der Waals surface area contributed by atoms with Crippen molar-refractivity contribution < 1.29 is 0 Å². The van der Waals surface area contributed by atoms with Crippen molar-refractivity contribution in [2.45, 2.75) is 13.8 Å². The average molecular weight is 352 g/mol. The Balaban J connectivity index is 0.000000146. The van der Waals surface area contributed by atoms with Gasteiger partial charge in [-0.05, 0) is 55.4 Å². The number of benzene rings is 2. The summed E-state index contributed by atoms with van der Waals surface area (Å²) in [6, 6.07) is 12.0. The molecule has 0 atom stereocenters. The molecule has 2 aromatic carbocycles. The van der Waals surface area contributed by atoms with Gasteiger partial charge in [-0.15, -0.1) is 0 Å². The van der Waals surface area contributed by atoms with Gasteiger partial charge in [0.25, 0.3) is 0 Å². The molecule has 7 heteroatoms. The first kappa shape index (κ1) is 16.9. The zero-order valence-corrected chi connectivity index (χ0v) is 14.9. The number of aliphatic imine (C=N–C) groups is 1. The van der Waals surface area contributed by atoms with E-state index in [0.29, 0.717) is 23.1 Å². The van der Waals surface area contributed by atoms with E-state index in [1.165, 1.54) is 11.1 Å². The lowest BCUT2D eigenvalue weighted by atomic mass is 10.0. The van der Waals surface area contributed by atoms with Crippen LogP contribution in [0.2, 0.25) is 0 Å². The minimum Gasteiger partial charge on any atom is -0.383 e. The summed E-state index contributed by atoms with van der Waals surface area (Å²) in [7, 11) is 0. The van der Waals surface area contributed by atoms with Crippen molar-refractivity contribution in [3.63, 3.8) is 0 Å². The maximum absolute atomic E-state index is 5.76. The number of aryl methyl sites for hydroxylation is 2. The van der Waals surface area contributed by atoms with E-state index in [4.69, 9.17) is 23.7 Å². The number of hydrogen-bond donors (Lipinski definition) is 4. The molecule has 6 N–H and O–H groups in total. The van der Waals surface area contributed by atoms with Crippen LogP contribution < -0.4 is 16.8 Å². The van der Waals surface area contributed by atoms with Gasteiger partial charge in [0, 0.05) is 16.6 Å². The molecule has 1 aliphatic heterocycles. The fourth-order valence-corrected chi connectivity index (χ4v) is 2.95. The molecule has 3 aromatic rings. The average Bonchev–Trinajstić information content (AvgIpc) is 2.55. The second-order valence-electron chi connectivity index (χ2n) is 5.85. The summed E-state index contributed by atoms with van der Waals surface area (Å²) < 4.78 is 0.426. The highest BCUT2D eigenvalue weighted by atomic mass is 32.1. The van der Waals surface area contributed by atoms with Crippen molar-refractivity contribution >= 4 is 40.5 Å². The molecule has 0 bridgehead atoms. The number of nitrogens with one attached hydrogen (secondary N) is 2. The Hall–Kier alpha value is -2.93. The minimum absolute atomic E-state index is 0.426. The van der Waals surface area contributed by atoms with Gasteiger partial charge in [0.05, 0.1) is 5.52 Å². The van der Waals surface area contributed by atoms with Crippen LogP contribution in [-0.4, -0.2) is 22.5 Å². The number of amidine groups is 1. The van der Waals surface area contributed by atoms with Gasteiger partial charge in [0.2, 0.25) is 0 Å². The Morgan fingerprint density at radius 1 is 1.12 bits per heavy atom. The van der Waals surface area contributed by atoms with E-state index in [2.05, 4.69) is 20.3 Å². The third-order valence-electron chi connectivity index (χ3n) is 3.96. The number of aromatic nitrogens is 2. The summed E-state index contributed by atoms with van der Waals surface area (Å²) in [6.07, 6.45) is 0. The van der Waals surface area contributed by atoms with Gasteiger partial charge in [-0.2, -0.15) is 0 Å². The number of nitrogens with two attached hydrogens (primary N) is 2. The second-order valence-corrected chi connectivity index (χ2v) is 6.24. The number of hydrogen-bond acceptors (Lipinski definition) is 6. The summed E-state index contributed by atoms with van der Waals surface area (Å²) in [5, 5.41) is 4.08. The van der Waals surface area contributed by atoms with E-state index in [-0.39, 0.29) is 0 Å². The molecule has 25 heavy (non-hydrogen) atoms. The van der Waals surface area contributed by atoms with Crippen LogP contribution in [0.25, 0.3) is 10.9 Å². The van der Waals surface area contributed by atoms with E-state index in [1.807, 2.05) is 50.2 Å². The number of nitrogen functional groups attached to an aromatic ring is 1. The van der Waals surface area contributed by atoms with Gasteiger partial charge in [0.1, 0.15) is 18.3 Å². The monoisotopic (exact) mass is 352 g/mol. The highest BCUT2D eigenvalue weighted by Crippen LogP contribution is 2.21. The molecule has 1 aromatic heterocycles. The summed E-state index contributed by atoms with van der Waals surface area (Å²) >= 11 is 4.92. The van der Waals surface area contributed by atoms with Crippen LogP contribution in [0.3, 0.4) is 0 Å². The molecule has 0 saturated heterocycles. The molecule has 0 fully saturated rings. The Kier molecular flexibility index (Phi) is 4.67. The fraction of sp³-hybridized carbons (Fsp3) is 0.167. The Labute approximate surface area is 151 Å². The molecule has 0 unspecified atom stereocenters. The molecule has 1 aliphatic rings. The third kappa shape index (κ3) is 3.61. The lowest BCUT2D eigenvalue weighted by Gasteiger charge is -2.17. The van der Waals surface area contributed by atoms with Crippen molar-refractivity contribution in [2.24, 2.45) is 10.7 Å². The number of H-pyrrole nitrogens is 1. The van der Waals surface area contributed by atoms with Crippen molar-refractivity contribution in [3.8, 4) is 0 Å². The Morgan fingerprint density at radius 3 is 2.68 bits per heavy atom. The molecule has 0 spiro atoms. The number of fused-ring (bicyclic) bond motifs is 2. The molecule has 0 saturated carbocycles. The van der Waals surface area contributed by atoms with E-state index < -0.39 is 0 Å². The molecule has 0 aliphatic carbocycles. The highest BCUT2D eigenvalue weighted by molar-refractivity contribution is 7.71. The van der Waals surface area contributed by atoms with Crippen LogP contribution in [0.15, 0.2) is 41.4 Å². The van der Waals surface area contributed by atoms with Gasteiger partial charge < -0.3 is 21.8 Å². The standard InChI is InChI=1S/C9H9N3S.C9H11N3/c1-5-2-3-6-7(4-5)11-9(13)12-8(6)10;1-6-3-2-4-7-8(6)9(10)12-5-11-7/h2-4H,1H3,(H3,10,11,12,13);2-4,11H,5H2,1H3,(H2,10,12). The summed E-state index contributed by atoms with van der Waals surface area (Å²) in [5.41, 5.74) is 16.9. The first-order chi connectivity index (χ1) is 12.0. The van der Waals surface area contributed by atoms with E-state index >= 15 is 0 Å². The van der Waals surface area contributed by atoms with Crippen molar-refractivity contribution in [3.05, 3.63) is 57.9 Å². The summed E-state index contributed by atoms with van der Waals surface area (Å²) in [4.78, 5) is 11.1. The second kappa shape index (κ2) is 6.90. The van der Waals surface area contributed by atoms with Gasteiger partial charge in [0.15, 0.2) is 4.77 Å². The molecular weight excluding hydrogens is 332 g/mol. The highest BCUT2D eigenvalue weighted by Gasteiger charge is 2.11. The molecule has 0 radical (unpaired) electrons. The Morgan fingerprint density at radius 2 is 1.92 bits per heavy atom. The summed E-state index contributed by atoms with van der Waals surface area (Å²) in [5.74, 6) is 1.13. The maximum Gasteiger partial charge on any atom is 0.199 e. The molecular formula is C18H20N6S. The number of anilines is 2. The SMILES string of the molecule is Cc1ccc2c(N)nc(=S)[nH]c2c1.Cc1cccc2c1C(N)=NCN2. The predicted octanol–water partition coefficient (Wildman–Crippen LogP) is 3.27. The van der Waals surface area contributed by atoms with Gasteiger partial charge in [-0.25, -0.2) is 9.98 Å². The number of nitrogens with zero attached hydrogens (tertiary/aromatic N) is 2. The van der Waals surface area contributed by atoms with E-state index in [9.17, 15) is 0 Å². The fourth-order valence-electron chi connectivity index (χ4n) is 2.74. The lowest BCUT2D eigenvalue weighted by Crippen LogP contribution is -2.23. The lowest BCUT2D eigenvalue weighted by molar-refractivity contribution is 1.10. The predicted molar refractivity (Wildman–Crippen MR) is 106 cm³/mol. The topological polar surface area (TPSA) is 105 Å². The molecule has 2 heterocycles. The number of rotatable bonds is 0.